The normalized spacial score (nSPS) is 11.3. The van der Waals surface area contributed by atoms with Crippen molar-refractivity contribution in [3.63, 3.8) is 0 Å². The highest BCUT2D eigenvalue weighted by atomic mass is 35.5. The Bertz CT molecular complexity index is 1220. The number of halogens is 2. The Balaban J connectivity index is 1.15. The molecule has 0 saturated heterocycles. The molecule has 0 amide bonds. The first-order chi connectivity index (χ1) is 20.9. The van der Waals surface area contributed by atoms with Gasteiger partial charge in [-0.2, -0.15) is 0 Å². The summed E-state index contributed by atoms with van der Waals surface area (Å²) in [6.07, 6.45) is 19.5. The summed E-state index contributed by atoms with van der Waals surface area (Å²) >= 11 is 12.1. The van der Waals surface area contributed by atoms with E-state index in [0.717, 1.165) is 31.5 Å². The number of aryl methyl sites for hydroxylation is 1. The van der Waals surface area contributed by atoms with Gasteiger partial charge in [-0.05, 0) is 66.3 Å². The largest absolute Gasteiger partial charge is 0.299 e. The van der Waals surface area contributed by atoms with Gasteiger partial charge in [-0.3, -0.25) is 9.69 Å². The van der Waals surface area contributed by atoms with E-state index in [1.54, 1.807) is 0 Å². The molecule has 0 saturated carbocycles. The Kier molecular flexibility index (Phi) is 16.8. The molecular formula is C39H51Cl2NO. The van der Waals surface area contributed by atoms with Crippen LogP contribution in [0.2, 0.25) is 10.0 Å². The molecule has 2 nitrogen and oxygen atoms in total. The predicted octanol–water partition coefficient (Wildman–Crippen LogP) is 11.7. The van der Waals surface area contributed by atoms with Gasteiger partial charge in [-0.1, -0.05) is 148 Å². The van der Waals surface area contributed by atoms with Gasteiger partial charge >= 0.3 is 0 Å². The molecule has 0 aromatic heterocycles. The lowest BCUT2D eigenvalue weighted by molar-refractivity contribution is -0.118. The fraction of sp³-hybridized carbons (Fsp3) is 0.462. The lowest BCUT2D eigenvalue weighted by atomic mass is 9.99. The average molecular weight is 621 g/mol. The molecule has 4 heteroatoms. The second kappa shape index (κ2) is 20.5. The molecular weight excluding hydrogens is 569 g/mol. The van der Waals surface area contributed by atoms with E-state index in [1.807, 2.05) is 18.2 Å². The van der Waals surface area contributed by atoms with E-state index in [4.69, 9.17) is 23.2 Å². The zero-order chi connectivity index (χ0) is 30.7. The van der Waals surface area contributed by atoms with E-state index in [9.17, 15) is 4.79 Å². The van der Waals surface area contributed by atoms with Crippen LogP contribution in [0.5, 0.6) is 0 Å². The summed E-state index contributed by atoms with van der Waals surface area (Å²) in [5.74, 6) is 0.359. The number of carbonyl (C=O) groups is 1. The number of unbranched alkanes of at least 4 members (excludes halogenated alkanes) is 11. The molecule has 0 aliphatic rings. The fourth-order valence-electron chi connectivity index (χ4n) is 5.64. The molecule has 0 N–H and O–H groups in total. The quantitative estimate of drug-likeness (QED) is 0.0823. The van der Waals surface area contributed by atoms with Crippen LogP contribution in [0, 0.1) is 0 Å². The van der Waals surface area contributed by atoms with Crippen LogP contribution in [-0.4, -0.2) is 24.3 Å². The highest BCUT2D eigenvalue weighted by Gasteiger charge is 2.06. The Hall–Kier alpha value is -2.39. The first-order valence-corrected chi connectivity index (χ1v) is 17.1. The molecule has 232 valence electrons. The van der Waals surface area contributed by atoms with Gasteiger partial charge < -0.3 is 0 Å². The molecule has 0 spiro atoms. The number of benzene rings is 3. The maximum absolute atomic E-state index is 12.5. The molecule has 0 fully saturated rings. The van der Waals surface area contributed by atoms with Crippen molar-refractivity contribution >= 4 is 29.0 Å². The topological polar surface area (TPSA) is 20.3 Å². The smallest absolute Gasteiger partial charge is 0.137 e. The van der Waals surface area contributed by atoms with Crippen LogP contribution in [0.3, 0.4) is 0 Å². The number of ketones is 1. The van der Waals surface area contributed by atoms with Crippen molar-refractivity contribution in [3.05, 3.63) is 106 Å². The first-order valence-electron chi connectivity index (χ1n) is 16.4. The van der Waals surface area contributed by atoms with Crippen molar-refractivity contribution in [1.82, 2.24) is 4.90 Å². The van der Waals surface area contributed by atoms with Gasteiger partial charge in [0.15, 0.2) is 0 Å². The zero-order valence-corrected chi connectivity index (χ0v) is 27.8. The monoisotopic (exact) mass is 619 g/mol. The molecule has 0 aliphatic carbocycles. The fourth-order valence-corrected chi connectivity index (χ4v) is 5.97. The molecule has 0 radical (unpaired) electrons. The van der Waals surface area contributed by atoms with Gasteiger partial charge in [0.2, 0.25) is 0 Å². The van der Waals surface area contributed by atoms with Crippen LogP contribution < -0.4 is 0 Å². The minimum absolute atomic E-state index is 0.359. The summed E-state index contributed by atoms with van der Waals surface area (Å²) in [5.41, 5.74) is 6.10. The lowest BCUT2D eigenvalue weighted by Crippen LogP contribution is -2.17. The summed E-state index contributed by atoms with van der Waals surface area (Å²) in [4.78, 5) is 14.8. The maximum Gasteiger partial charge on any atom is 0.137 e. The Morgan fingerprint density at radius 1 is 0.651 bits per heavy atom. The number of likely N-dealkylation sites (N-methyl/N-ethyl adjacent to an activating group) is 1. The summed E-state index contributed by atoms with van der Waals surface area (Å²) in [5, 5.41) is 1.29. The van der Waals surface area contributed by atoms with E-state index in [-0.39, 0.29) is 0 Å². The van der Waals surface area contributed by atoms with E-state index in [1.165, 1.54) is 92.9 Å². The lowest BCUT2D eigenvalue weighted by Gasteiger charge is -2.14. The Morgan fingerprint density at radius 2 is 1.14 bits per heavy atom. The molecule has 0 unspecified atom stereocenters. The molecule has 3 aromatic rings. The highest BCUT2D eigenvalue weighted by Crippen LogP contribution is 2.24. The number of hydrogen-bond acceptors (Lipinski definition) is 2. The van der Waals surface area contributed by atoms with Gasteiger partial charge in [0.25, 0.3) is 0 Å². The van der Waals surface area contributed by atoms with E-state index in [2.05, 4.69) is 73.1 Å². The Morgan fingerprint density at radius 3 is 1.67 bits per heavy atom. The van der Waals surface area contributed by atoms with Crippen LogP contribution in [0.1, 0.15) is 100 Å². The standard InChI is InChI=1S/C39H51Cl2NO/c1-3-28-42(2)31-34-20-25-36(26-21-34)35-23-18-33(19-24-35)29-37(43)17-15-13-11-9-7-5-4-6-8-10-12-14-16-32-22-27-38(40)39(41)30-32/h3,18-27,30H,1,4-17,28-29,31H2,2H3. The van der Waals surface area contributed by atoms with Gasteiger partial charge in [-0.15, -0.1) is 6.58 Å². The van der Waals surface area contributed by atoms with Crippen molar-refractivity contribution in [2.45, 2.75) is 103 Å². The van der Waals surface area contributed by atoms with Crippen molar-refractivity contribution in [3.8, 4) is 11.1 Å². The number of hydrogen-bond donors (Lipinski definition) is 0. The second-order valence-corrected chi connectivity index (χ2v) is 12.9. The first kappa shape index (κ1) is 35.1. The molecule has 0 aliphatic heterocycles. The third kappa shape index (κ3) is 14.3. The van der Waals surface area contributed by atoms with Crippen molar-refractivity contribution in [2.24, 2.45) is 0 Å². The molecule has 3 aromatic carbocycles. The minimum atomic E-state index is 0.359. The van der Waals surface area contributed by atoms with Crippen LogP contribution in [0.25, 0.3) is 11.1 Å². The van der Waals surface area contributed by atoms with Gasteiger partial charge in [-0.25, -0.2) is 0 Å². The SMILES string of the molecule is C=CCN(C)Cc1ccc(-c2ccc(CC(=O)CCCCCCCCCCCCCCc3ccc(Cl)c(Cl)c3)cc2)cc1. The highest BCUT2D eigenvalue weighted by molar-refractivity contribution is 6.42. The predicted molar refractivity (Wildman–Crippen MR) is 187 cm³/mol. The summed E-state index contributed by atoms with van der Waals surface area (Å²) in [6, 6.07) is 23.2. The van der Waals surface area contributed by atoms with E-state index in [0.29, 0.717) is 28.7 Å². The number of rotatable bonds is 22. The molecule has 3 rings (SSSR count). The summed E-state index contributed by atoms with van der Waals surface area (Å²) in [6.45, 7) is 5.60. The molecule has 0 bridgehead atoms. The van der Waals surface area contributed by atoms with E-state index < -0.39 is 0 Å². The molecule has 43 heavy (non-hydrogen) atoms. The van der Waals surface area contributed by atoms with Crippen LogP contribution >= 0.6 is 23.2 Å². The second-order valence-electron chi connectivity index (χ2n) is 12.1. The maximum atomic E-state index is 12.5. The average Bonchev–Trinajstić information content (AvgIpc) is 3.00. The van der Waals surface area contributed by atoms with Gasteiger partial charge in [0.05, 0.1) is 10.0 Å². The molecule has 0 heterocycles. The van der Waals surface area contributed by atoms with Crippen LogP contribution in [0.4, 0.5) is 0 Å². The minimum Gasteiger partial charge on any atom is -0.299 e. The zero-order valence-electron chi connectivity index (χ0n) is 26.3. The third-order valence-electron chi connectivity index (χ3n) is 8.19. The van der Waals surface area contributed by atoms with Crippen LogP contribution in [-0.2, 0) is 24.2 Å². The Labute approximate surface area is 271 Å². The number of carbonyl (C=O) groups excluding carboxylic acids is 1. The molecule has 0 atom stereocenters. The third-order valence-corrected chi connectivity index (χ3v) is 8.93. The number of nitrogens with zero attached hydrogens (tertiary/aromatic N) is 1. The number of Topliss-reactive ketones (excluding diaryl/α,β-unsaturated/α-hetero) is 1. The van der Waals surface area contributed by atoms with E-state index >= 15 is 0 Å². The van der Waals surface area contributed by atoms with Crippen molar-refractivity contribution in [2.75, 3.05) is 13.6 Å². The summed E-state index contributed by atoms with van der Waals surface area (Å²) < 4.78 is 0. The van der Waals surface area contributed by atoms with Gasteiger partial charge in [0.1, 0.15) is 5.78 Å². The van der Waals surface area contributed by atoms with Crippen LogP contribution in [0.15, 0.2) is 79.4 Å². The van der Waals surface area contributed by atoms with Crippen molar-refractivity contribution < 1.29 is 4.79 Å². The summed E-state index contributed by atoms with van der Waals surface area (Å²) in [7, 11) is 2.10. The van der Waals surface area contributed by atoms with Crippen molar-refractivity contribution in [1.29, 1.82) is 0 Å². The van der Waals surface area contributed by atoms with Gasteiger partial charge in [0, 0.05) is 25.9 Å².